The maximum absolute atomic E-state index is 13.8. The number of ether oxygens (including phenoxy) is 1. The molecule has 126 valence electrons. The zero-order valence-corrected chi connectivity index (χ0v) is 15.0. The van der Waals surface area contributed by atoms with Crippen molar-refractivity contribution in [2.45, 2.75) is 0 Å². The first-order valence-electron chi connectivity index (χ1n) is 8.09. The second kappa shape index (κ2) is 7.96. The van der Waals surface area contributed by atoms with Crippen LogP contribution in [0.4, 0.5) is 5.69 Å². The van der Waals surface area contributed by atoms with Gasteiger partial charge in [-0.05, 0) is 24.3 Å². The average molecular weight is 349 g/mol. The summed E-state index contributed by atoms with van der Waals surface area (Å²) in [6, 6.07) is 26.7. The van der Waals surface area contributed by atoms with E-state index in [2.05, 4.69) is 4.99 Å². The lowest BCUT2D eigenvalue weighted by Crippen LogP contribution is -2.18. The van der Waals surface area contributed by atoms with E-state index in [1.807, 2.05) is 84.9 Å². The molecule has 0 aliphatic carbocycles. The number of nitrogens with zero attached hydrogens (tertiary/aromatic N) is 1. The van der Waals surface area contributed by atoms with E-state index in [4.69, 9.17) is 4.74 Å². The van der Waals surface area contributed by atoms with Gasteiger partial charge in [-0.2, -0.15) is 0 Å². The lowest BCUT2D eigenvalue weighted by atomic mass is 10.3. The Hall–Kier alpha value is -2.64. The summed E-state index contributed by atoms with van der Waals surface area (Å²) in [6.45, 7) is 0. The van der Waals surface area contributed by atoms with Gasteiger partial charge in [-0.25, -0.2) is 0 Å². The maximum atomic E-state index is 13.8. The van der Waals surface area contributed by atoms with Crippen molar-refractivity contribution in [1.29, 1.82) is 0 Å². The van der Waals surface area contributed by atoms with Crippen LogP contribution in [0, 0.1) is 0 Å². The minimum atomic E-state index is -2.75. The molecule has 3 rings (SSSR count). The first-order chi connectivity index (χ1) is 12.2. The van der Waals surface area contributed by atoms with Gasteiger partial charge >= 0.3 is 0 Å². The molecule has 25 heavy (non-hydrogen) atoms. The zero-order valence-electron chi connectivity index (χ0n) is 14.1. The molecule has 4 heteroatoms. The Morgan fingerprint density at radius 3 is 1.84 bits per heavy atom. The molecule has 0 bridgehead atoms. The van der Waals surface area contributed by atoms with Crippen LogP contribution in [0.5, 0.6) is 5.75 Å². The van der Waals surface area contributed by atoms with Crippen molar-refractivity contribution in [3.63, 3.8) is 0 Å². The number of methoxy groups -OCH3 is 1. The van der Waals surface area contributed by atoms with Crippen molar-refractivity contribution < 1.29 is 9.30 Å². The molecule has 3 aromatic rings. The summed E-state index contributed by atoms with van der Waals surface area (Å²) in [5.74, 6) is 0.790. The highest BCUT2D eigenvalue weighted by atomic mass is 31.2. The smallest absolute Gasteiger partial charge is 0.148 e. The first kappa shape index (κ1) is 17.2. The topological polar surface area (TPSA) is 38.7 Å². The molecule has 0 radical (unpaired) electrons. The molecule has 0 aromatic heterocycles. The van der Waals surface area contributed by atoms with Gasteiger partial charge in [0.05, 0.1) is 12.8 Å². The van der Waals surface area contributed by atoms with Crippen LogP contribution in [-0.4, -0.2) is 19.5 Å². The standard InChI is InChI=1S/C21H20NO2P/c1-24-19-14-12-18(13-15-19)22-16-17-25(23,20-8-4-2-5-9-20)21-10-6-3-7-11-21/h2-16H,17H2,1H3. The SMILES string of the molecule is COc1ccc(N=CCP(=O)(c2ccccc2)c2ccccc2)cc1. The van der Waals surface area contributed by atoms with Crippen LogP contribution in [-0.2, 0) is 4.57 Å². The number of benzene rings is 3. The highest BCUT2D eigenvalue weighted by molar-refractivity contribution is 7.79. The largest absolute Gasteiger partial charge is 0.497 e. The Kier molecular flexibility index (Phi) is 5.47. The summed E-state index contributed by atoms with van der Waals surface area (Å²) in [5, 5.41) is 1.70. The van der Waals surface area contributed by atoms with E-state index in [0.717, 1.165) is 22.0 Å². The van der Waals surface area contributed by atoms with E-state index < -0.39 is 7.14 Å². The number of hydrogen-bond donors (Lipinski definition) is 0. The van der Waals surface area contributed by atoms with E-state index in [9.17, 15) is 4.57 Å². The third kappa shape index (κ3) is 4.07. The van der Waals surface area contributed by atoms with Crippen molar-refractivity contribution in [3.05, 3.63) is 84.9 Å². The second-order valence-corrected chi connectivity index (χ2v) is 8.48. The van der Waals surface area contributed by atoms with Gasteiger partial charge in [0, 0.05) is 23.0 Å². The molecule has 0 atom stereocenters. The summed E-state index contributed by atoms with van der Waals surface area (Å²) in [4.78, 5) is 4.46. The van der Waals surface area contributed by atoms with Gasteiger partial charge in [-0.1, -0.05) is 60.7 Å². The fourth-order valence-corrected chi connectivity index (χ4v) is 4.97. The van der Waals surface area contributed by atoms with E-state index in [0.29, 0.717) is 6.16 Å². The summed E-state index contributed by atoms with van der Waals surface area (Å²) < 4.78 is 18.9. The van der Waals surface area contributed by atoms with Gasteiger partial charge in [-0.15, -0.1) is 0 Å². The lowest BCUT2D eigenvalue weighted by Gasteiger charge is -2.17. The molecule has 0 unspecified atom stereocenters. The average Bonchev–Trinajstić information content (AvgIpc) is 2.70. The molecule has 0 saturated carbocycles. The Morgan fingerprint density at radius 1 is 0.840 bits per heavy atom. The van der Waals surface area contributed by atoms with Gasteiger partial charge in [-0.3, -0.25) is 4.99 Å². The maximum Gasteiger partial charge on any atom is 0.148 e. The van der Waals surface area contributed by atoms with E-state index in [1.165, 1.54) is 0 Å². The molecule has 0 spiro atoms. The fourth-order valence-electron chi connectivity index (χ4n) is 2.63. The highest BCUT2D eigenvalue weighted by Crippen LogP contribution is 2.42. The molecule has 0 aliphatic heterocycles. The summed E-state index contributed by atoms with van der Waals surface area (Å²) in [6.07, 6.45) is 2.13. The van der Waals surface area contributed by atoms with E-state index >= 15 is 0 Å². The normalized spacial score (nSPS) is 11.6. The van der Waals surface area contributed by atoms with E-state index in [-0.39, 0.29) is 0 Å². The molecular formula is C21H20NO2P. The first-order valence-corrected chi connectivity index (χ1v) is 9.98. The Morgan fingerprint density at radius 2 is 1.36 bits per heavy atom. The lowest BCUT2D eigenvalue weighted by molar-refractivity contribution is 0.415. The van der Waals surface area contributed by atoms with Gasteiger partial charge in [0.2, 0.25) is 0 Å². The number of rotatable bonds is 6. The fraction of sp³-hybridized carbons (Fsp3) is 0.0952. The highest BCUT2D eigenvalue weighted by Gasteiger charge is 2.25. The molecule has 0 aliphatic rings. The molecule has 3 aromatic carbocycles. The minimum Gasteiger partial charge on any atom is -0.497 e. The minimum absolute atomic E-state index is 0.382. The van der Waals surface area contributed by atoms with Crippen LogP contribution in [0.15, 0.2) is 89.9 Å². The second-order valence-electron chi connectivity index (χ2n) is 5.60. The van der Waals surface area contributed by atoms with Crippen molar-refractivity contribution in [3.8, 4) is 5.75 Å². The van der Waals surface area contributed by atoms with Gasteiger partial charge in [0.1, 0.15) is 12.9 Å². The Labute approximate surface area is 148 Å². The zero-order chi connectivity index (χ0) is 17.5. The van der Waals surface area contributed by atoms with Crippen molar-refractivity contribution >= 4 is 29.7 Å². The van der Waals surface area contributed by atoms with Crippen LogP contribution in [0.25, 0.3) is 0 Å². The molecule has 0 amide bonds. The third-order valence-electron chi connectivity index (χ3n) is 4.00. The van der Waals surface area contributed by atoms with Crippen LogP contribution < -0.4 is 15.3 Å². The molecule has 0 heterocycles. The predicted octanol–water partition coefficient (Wildman–Crippen LogP) is 4.41. The third-order valence-corrected chi connectivity index (χ3v) is 6.94. The number of hydrogen-bond acceptors (Lipinski definition) is 3. The summed E-state index contributed by atoms with van der Waals surface area (Å²) in [7, 11) is -1.12. The van der Waals surface area contributed by atoms with Crippen molar-refractivity contribution in [2.75, 3.05) is 13.3 Å². The van der Waals surface area contributed by atoms with Crippen LogP contribution in [0.1, 0.15) is 0 Å². The van der Waals surface area contributed by atoms with Crippen LogP contribution >= 0.6 is 7.14 Å². The Balaban J connectivity index is 1.88. The molecule has 0 saturated heterocycles. The van der Waals surface area contributed by atoms with E-state index in [1.54, 1.807) is 13.3 Å². The van der Waals surface area contributed by atoms with Gasteiger partial charge in [0.25, 0.3) is 0 Å². The van der Waals surface area contributed by atoms with Crippen LogP contribution in [0.3, 0.4) is 0 Å². The molecule has 0 N–H and O–H groups in total. The Bertz CT molecular complexity index is 831. The summed E-state index contributed by atoms with van der Waals surface area (Å²) in [5.41, 5.74) is 0.813. The molecule has 3 nitrogen and oxygen atoms in total. The van der Waals surface area contributed by atoms with Crippen molar-refractivity contribution in [2.24, 2.45) is 4.99 Å². The number of aliphatic imine (C=N–C) groups is 1. The molecule has 0 fully saturated rings. The van der Waals surface area contributed by atoms with Gasteiger partial charge in [0.15, 0.2) is 0 Å². The predicted molar refractivity (Wildman–Crippen MR) is 106 cm³/mol. The van der Waals surface area contributed by atoms with Crippen LogP contribution in [0.2, 0.25) is 0 Å². The van der Waals surface area contributed by atoms with Crippen molar-refractivity contribution in [1.82, 2.24) is 0 Å². The summed E-state index contributed by atoms with van der Waals surface area (Å²) >= 11 is 0. The van der Waals surface area contributed by atoms with Gasteiger partial charge < -0.3 is 9.30 Å². The molecular weight excluding hydrogens is 329 g/mol. The quantitative estimate of drug-likeness (QED) is 0.488. The monoisotopic (exact) mass is 349 g/mol.